The maximum Gasteiger partial charge on any atom is 0.311 e. The number of esters is 1. The summed E-state index contributed by atoms with van der Waals surface area (Å²) in [4.78, 5) is 24.4. The van der Waals surface area contributed by atoms with E-state index >= 15 is 0 Å². The zero-order valence-electron chi connectivity index (χ0n) is 15.4. The van der Waals surface area contributed by atoms with Crippen LogP contribution in [0.25, 0.3) is 11.0 Å². The highest BCUT2D eigenvalue weighted by molar-refractivity contribution is 5.95. The van der Waals surface area contributed by atoms with Gasteiger partial charge in [0, 0.05) is 16.6 Å². The molecule has 0 saturated carbocycles. The van der Waals surface area contributed by atoms with Crippen LogP contribution in [0.5, 0.6) is 5.75 Å². The SMILES string of the molecule is COc1ccc(NC(=O)[C@@H](C)OC(=O)Cc2coc3cc(C)ccc23)cc1. The molecule has 3 aromatic rings. The van der Waals surface area contributed by atoms with E-state index in [1.807, 2.05) is 25.1 Å². The first-order valence-corrected chi connectivity index (χ1v) is 8.57. The third-order valence-electron chi connectivity index (χ3n) is 4.18. The number of ether oxygens (including phenoxy) is 2. The Balaban J connectivity index is 1.58. The average molecular weight is 367 g/mol. The molecule has 2 aromatic carbocycles. The molecule has 0 aliphatic rings. The fraction of sp³-hybridized carbons (Fsp3) is 0.238. The van der Waals surface area contributed by atoms with Crippen LogP contribution in [0.2, 0.25) is 0 Å². The van der Waals surface area contributed by atoms with Crippen LogP contribution in [0.1, 0.15) is 18.1 Å². The summed E-state index contributed by atoms with van der Waals surface area (Å²) in [6.45, 7) is 3.51. The number of hydrogen-bond donors (Lipinski definition) is 1. The molecule has 6 heteroatoms. The predicted octanol–water partition coefficient (Wildman–Crippen LogP) is 3.86. The number of anilines is 1. The molecule has 0 radical (unpaired) electrons. The summed E-state index contributed by atoms with van der Waals surface area (Å²) in [6.07, 6.45) is 0.670. The molecular formula is C21H21NO5. The number of carbonyl (C=O) groups is 2. The van der Waals surface area contributed by atoms with Crippen LogP contribution < -0.4 is 10.1 Å². The molecule has 1 atom stereocenters. The van der Waals surface area contributed by atoms with Gasteiger partial charge < -0.3 is 19.2 Å². The summed E-state index contributed by atoms with van der Waals surface area (Å²) < 4.78 is 15.8. The van der Waals surface area contributed by atoms with Crippen molar-refractivity contribution in [1.29, 1.82) is 0 Å². The Morgan fingerprint density at radius 2 is 1.89 bits per heavy atom. The molecule has 0 bridgehead atoms. The number of rotatable bonds is 6. The Kier molecular flexibility index (Phi) is 5.45. The van der Waals surface area contributed by atoms with Gasteiger partial charge in [-0.1, -0.05) is 12.1 Å². The van der Waals surface area contributed by atoms with E-state index in [1.54, 1.807) is 37.6 Å². The quantitative estimate of drug-likeness (QED) is 0.669. The van der Waals surface area contributed by atoms with Gasteiger partial charge in [-0.25, -0.2) is 0 Å². The van der Waals surface area contributed by atoms with Crippen LogP contribution in [0, 0.1) is 6.92 Å². The molecule has 0 spiro atoms. The fourth-order valence-electron chi connectivity index (χ4n) is 2.69. The maximum absolute atomic E-state index is 12.2. The van der Waals surface area contributed by atoms with Gasteiger partial charge in [0.15, 0.2) is 6.10 Å². The molecular weight excluding hydrogens is 346 g/mol. The monoisotopic (exact) mass is 367 g/mol. The van der Waals surface area contributed by atoms with Crippen LogP contribution >= 0.6 is 0 Å². The summed E-state index contributed by atoms with van der Waals surface area (Å²) in [6, 6.07) is 12.7. The summed E-state index contributed by atoms with van der Waals surface area (Å²) in [7, 11) is 1.57. The van der Waals surface area contributed by atoms with Crippen molar-refractivity contribution in [1.82, 2.24) is 0 Å². The standard InChI is InChI=1S/C21H21NO5/c1-13-4-9-18-15(12-26-19(18)10-13)11-20(23)27-14(2)21(24)22-16-5-7-17(25-3)8-6-16/h4-10,12,14H,11H2,1-3H3,(H,22,24)/t14-/m1/s1. The maximum atomic E-state index is 12.2. The number of fused-ring (bicyclic) bond motifs is 1. The molecule has 1 aromatic heterocycles. The molecule has 0 aliphatic carbocycles. The number of hydrogen-bond acceptors (Lipinski definition) is 5. The van der Waals surface area contributed by atoms with Crippen molar-refractivity contribution in [3.63, 3.8) is 0 Å². The van der Waals surface area contributed by atoms with E-state index in [0.717, 1.165) is 22.1 Å². The first-order valence-electron chi connectivity index (χ1n) is 8.57. The normalized spacial score (nSPS) is 11.8. The second-order valence-electron chi connectivity index (χ2n) is 6.29. The Morgan fingerprint density at radius 3 is 2.59 bits per heavy atom. The summed E-state index contributed by atoms with van der Waals surface area (Å²) in [5.74, 6) is -0.202. The van der Waals surface area contributed by atoms with Gasteiger partial charge in [-0.3, -0.25) is 9.59 Å². The number of methoxy groups -OCH3 is 1. The lowest BCUT2D eigenvalue weighted by Crippen LogP contribution is -2.30. The van der Waals surface area contributed by atoms with E-state index in [0.29, 0.717) is 11.4 Å². The topological polar surface area (TPSA) is 77.8 Å². The third kappa shape index (κ3) is 4.47. The largest absolute Gasteiger partial charge is 0.497 e. The van der Waals surface area contributed by atoms with Gasteiger partial charge in [0.05, 0.1) is 19.8 Å². The van der Waals surface area contributed by atoms with Crippen molar-refractivity contribution in [3.05, 3.63) is 59.9 Å². The first-order chi connectivity index (χ1) is 13.0. The number of furan rings is 1. The van der Waals surface area contributed by atoms with Crippen molar-refractivity contribution >= 4 is 28.5 Å². The highest BCUT2D eigenvalue weighted by atomic mass is 16.5. The van der Waals surface area contributed by atoms with Crippen molar-refractivity contribution in [2.45, 2.75) is 26.4 Å². The molecule has 1 N–H and O–H groups in total. The molecule has 6 nitrogen and oxygen atoms in total. The molecule has 27 heavy (non-hydrogen) atoms. The lowest BCUT2D eigenvalue weighted by Gasteiger charge is -2.13. The third-order valence-corrected chi connectivity index (χ3v) is 4.18. The second kappa shape index (κ2) is 7.95. The van der Waals surface area contributed by atoms with E-state index < -0.39 is 18.0 Å². The lowest BCUT2D eigenvalue weighted by molar-refractivity contribution is -0.152. The minimum Gasteiger partial charge on any atom is -0.497 e. The van der Waals surface area contributed by atoms with Crippen LogP contribution in [-0.2, 0) is 20.7 Å². The predicted molar refractivity (Wildman–Crippen MR) is 102 cm³/mol. The van der Waals surface area contributed by atoms with E-state index in [9.17, 15) is 9.59 Å². The molecule has 0 saturated heterocycles. The molecule has 1 heterocycles. The number of nitrogens with one attached hydrogen (secondary N) is 1. The van der Waals surface area contributed by atoms with Gasteiger partial charge >= 0.3 is 5.97 Å². The number of benzene rings is 2. The van der Waals surface area contributed by atoms with E-state index in [4.69, 9.17) is 13.9 Å². The summed E-state index contributed by atoms with van der Waals surface area (Å²) in [5, 5.41) is 3.57. The first kappa shape index (κ1) is 18.5. The smallest absolute Gasteiger partial charge is 0.311 e. The number of aryl methyl sites for hydroxylation is 1. The van der Waals surface area contributed by atoms with Gasteiger partial charge in [0.25, 0.3) is 5.91 Å². The number of carbonyl (C=O) groups excluding carboxylic acids is 2. The molecule has 0 fully saturated rings. The van der Waals surface area contributed by atoms with E-state index in [1.165, 1.54) is 6.92 Å². The van der Waals surface area contributed by atoms with Crippen LogP contribution in [0.4, 0.5) is 5.69 Å². The van der Waals surface area contributed by atoms with Crippen molar-refractivity contribution in [2.24, 2.45) is 0 Å². The highest BCUT2D eigenvalue weighted by Crippen LogP contribution is 2.23. The van der Waals surface area contributed by atoms with E-state index in [2.05, 4.69) is 5.32 Å². The van der Waals surface area contributed by atoms with E-state index in [-0.39, 0.29) is 6.42 Å². The van der Waals surface area contributed by atoms with Gasteiger partial charge in [-0.2, -0.15) is 0 Å². The molecule has 0 aliphatic heterocycles. The van der Waals surface area contributed by atoms with Crippen molar-refractivity contribution in [2.75, 3.05) is 12.4 Å². The second-order valence-corrected chi connectivity index (χ2v) is 6.29. The summed E-state index contributed by atoms with van der Waals surface area (Å²) in [5.41, 5.74) is 3.13. The van der Waals surface area contributed by atoms with Gasteiger partial charge in [-0.15, -0.1) is 0 Å². The lowest BCUT2D eigenvalue weighted by atomic mass is 10.1. The zero-order chi connectivity index (χ0) is 19.4. The minimum absolute atomic E-state index is 0.0379. The fourth-order valence-corrected chi connectivity index (χ4v) is 2.69. The average Bonchev–Trinajstić information content (AvgIpc) is 3.03. The summed E-state index contributed by atoms with van der Waals surface area (Å²) >= 11 is 0. The van der Waals surface area contributed by atoms with Crippen LogP contribution in [0.15, 0.2) is 53.1 Å². The Bertz CT molecular complexity index is 958. The molecule has 3 rings (SSSR count). The molecule has 1 amide bonds. The Labute approximate surface area is 157 Å². The van der Waals surface area contributed by atoms with Gasteiger partial charge in [0.1, 0.15) is 11.3 Å². The highest BCUT2D eigenvalue weighted by Gasteiger charge is 2.19. The van der Waals surface area contributed by atoms with Gasteiger partial charge in [0.2, 0.25) is 0 Å². The Hall–Kier alpha value is -3.28. The van der Waals surface area contributed by atoms with Crippen LogP contribution in [-0.4, -0.2) is 25.1 Å². The minimum atomic E-state index is -0.917. The van der Waals surface area contributed by atoms with Crippen LogP contribution in [0.3, 0.4) is 0 Å². The molecule has 0 unspecified atom stereocenters. The zero-order valence-corrected chi connectivity index (χ0v) is 15.4. The van der Waals surface area contributed by atoms with Crippen molar-refractivity contribution in [3.8, 4) is 5.75 Å². The Morgan fingerprint density at radius 1 is 1.15 bits per heavy atom. The van der Waals surface area contributed by atoms with Gasteiger partial charge in [-0.05, 0) is 49.7 Å². The number of amides is 1. The van der Waals surface area contributed by atoms with Crippen molar-refractivity contribution < 1.29 is 23.5 Å². The molecule has 140 valence electrons.